The second-order valence-corrected chi connectivity index (χ2v) is 19.7. The van der Waals surface area contributed by atoms with Gasteiger partial charge in [0.2, 0.25) is 0 Å². The molecular formula is C63H44. The van der Waals surface area contributed by atoms with E-state index in [1.54, 1.807) is 0 Å². The predicted molar refractivity (Wildman–Crippen MR) is 258 cm³/mol. The number of fused-ring (bicyclic) bond motifs is 18. The fourth-order valence-electron chi connectivity index (χ4n) is 14.1. The number of rotatable bonds is 2. The molecule has 0 N–H and O–H groups in total. The van der Waals surface area contributed by atoms with Crippen molar-refractivity contribution < 1.29 is 0 Å². The number of hydrogen-bond donors (Lipinski definition) is 0. The third-order valence-corrected chi connectivity index (χ3v) is 16.9. The van der Waals surface area contributed by atoms with Gasteiger partial charge in [-0.1, -0.05) is 170 Å². The standard InChI is InChI=1S/C63H44/c1-2-12-44-34-61(33-43(44)11-1)55-19-9-7-17-49(55)51-25-21-39(29-57(51)61)41-23-27-53-54-28-24-42(32-60(54)63(59(53)31-41)37-47-15-5-6-16-48(47)38-63)40-22-26-52-50-18-8-10-20-56(50)62(58(52)30-40)35-45-13-3-4-14-46(45)36-62/h1-32H,33-38H2. The first kappa shape index (κ1) is 34.6. The van der Waals surface area contributed by atoms with E-state index < -0.39 is 0 Å². The monoisotopic (exact) mass is 800 g/mol. The Morgan fingerprint density at radius 3 is 0.714 bits per heavy atom. The molecule has 0 nitrogen and oxygen atoms in total. The molecule has 0 fully saturated rings. The molecule has 0 saturated carbocycles. The quantitative estimate of drug-likeness (QED) is 0.163. The summed E-state index contributed by atoms with van der Waals surface area (Å²) in [5.74, 6) is 0. The van der Waals surface area contributed by atoms with E-state index in [-0.39, 0.29) is 16.2 Å². The molecule has 0 aromatic heterocycles. The van der Waals surface area contributed by atoms with Crippen LogP contribution in [0.25, 0.3) is 55.6 Å². The lowest BCUT2D eigenvalue weighted by molar-refractivity contribution is 0.563. The van der Waals surface area contributed by atoms with Crippen molar-refractivity contribution in [1.29, 1.82) is 0 Å². The van der Waals surface area contributed by atoms with Crippen LogP contribution >= 0.6 is 0 Å². The zero-order valence-electron chi connectivity index (χ0n) is 35.2. The molecule has 15 rings (SSSR count). The van der Waals surface area contributed by atoms with Crippen molar-refractivity contribution in [2.75, 3.05) is 0 Å². The van der Waals surface area contributed by atoms with Crippen molar-refractivity contribution in [1.82, 2.24) is 0 Å². The molecule has 0 aliphatic heterocycles. The highest BCUT2D eigenvalue weighted by Gasteiger charge is 2.50. The van der Waals surface area contributed by atoms with Crippen molar-refractivity contribution in [3.05, 3.63) is 261 Å². The molecule has 0 atom stereocenters. The van der Waals surface area contributed by atoms with E-state index in [9.17, 15) is 0 Å². The van der Waals surface area contributed by atoms with E-state index in [0.29, 0.717) is 0 Å². The first-order valence-electron chi connectivity index (χ1n) is 23.1. The Labute approximate surface area is 369 Å². The van der Waals surface area contributed by atoms with Crippen molar-refractivity contribution in [2.45, 2.75) is 54.8 Å². The summed E-state index contributed by atoms with van der Waals surface area (Å²) in [5.41, 5.74) is 31.5. The van der Waals surface area contributed by atoms with Gasteiger partial charge in [0.25, 0.3) is 0 Å². The van der Waals surface area contributed by atoms with E-state index in [2.05, 4.69) is 194 Å². The average molecular weight is 801 g/mol. The van der Waals surface area contributed by atoms with Gasteiger partial charge in [-0.3, -0.25) is 0 Å². The van der Waals surface area contributed by atoms with Crippen LogP contribution in [0.15, 0.2) is 194 Å². The molecule has 0 saturated heterocycles. The lowest BCUT2D eigenvalue weighted by Gasteiger charge is -2.29. The van der Waals surface area contributed by atoms with Crippen LogP contribution in [0, 0.1) is 0 Å². The molecular weight excluding hydrogens is 757 g/mol. The zero-order chi connectivity index (χ0) is 41.1. The highest BCUT2D eigenvalue weighted by molar-refractivity contribution is 5.90. The fourth-order valence-corrected chi connectivity index (χ4v) is 14.1. The molecule has 0 unspecified atom stereocenters. The Morgan fingerprint density at radius 2 is 0.429 bits per heavy atom. The maximum atomic E-state index is 2.59. The van der Waals surface area contributed by atoms with Gasteiger partial charge in [0.15, 0.2) is 0 Å². The molecule has 0 heterocycles. The second kappa shape index (κ2) is 12.1. The van der Waals surface area contributed by atoms with E-state index in [4.69, 9.17) is 0 Å². The SMILES string of the molecule is c1ccc2c(c1)CC1(C2)c2ccccc2-c2ccc(-c3ccc4c(c3)C3(Cc5ccccc5C3)c3cc(-c5ccc6c(c5)C5(Cc7ccccc7C5)c5ccccc5-6)ccc3-4)cc21. The van der Waals surface area contributed by atoms with Crippen LogP contribution in [0.3, 0.4) is 0 Å². The fraction of sp³-hybridized carbons (Fsp3) is 0.143. The Hall–Kier alpha value is -7.02. The minimum atomic E-state index is -0.122. The number of hydrogen-bond acceptors (Lipinski definition) is 0. The maximum Gasteiger partial charge on any atom is 0.0296 e. The zero-order valence-corrected chi connectivity index (χ0v) is 35.2. The molecule has 0 heteroatoms. The topological polar surface area (TPSA) is 0 Å². The van der Waals surface area contributed by atoms with Gasteiger partial charge in [-0.2, -0.15) is 0 Å². The smallest absolute Gasteiger partial charge is 0.0296 e. The molecule has 296 valence electrons. The van der Waals surface area contributed by atoms with Gasteiger partial charge in [-0.25, -0.2) is 0 Å². The highest BCUT2D eigenvalue weighted by Crippen LogP contribution is 2.60. The maximum absolute atomic E-state index is 2.59. The lowest BCUT2D eigenvalue weighted by Crippen LogP contribution is -2.26. The molecule has 6 aliphatic carbocycles. The lowest BCUT2D eigenvalue weighted by atomic mass is 9.73. The highest BCUT2D eigenvalue weighted by atomic mass is 14.5. The van der Waals surface area contributed by atoms with E-state index in [1.807, 2.05) is 0 Å². The summed E-state index contributed by atoms with van der Waals surface area (Å²) < 4.78 is 0. The molecule has 9 aromatic carbocycles. The normalized spacial score (nSPS) is 17.2. The third kappa shape index (κ3) is 4.46. The van der Waals surface area contributed by atoms with Crippen LogP contribution in [0.1, 0.15) is 66.8 Å². The molecule has 63 heavy (non-hydrogen) atoms. The van der Waals surface area contributed by atoms with Crippen molar-refractivity contribution in [2.24, 2.45) is 0 Å². The summed E-state index contributed by atoms with van der Waals surface area (Å²) in [6.45, 7) is 0. The Kier molecular flexibility index (Phi) is 6.65. The Bertz CT molecular complexity index is 3200. The molecule has 6 aliphatic rings. The van der Waals surface area contributed by atoms with Gasteiger partial charge in [0.1, 0.15) is 0 Å². The van der Waals surface area contributed by atoms with Crippen molar-refractivity contribution >= 4 is 0 Å². The minimum Gasteiger partial charge on any atom is -0.0620 e. The van der Waals surface area contributed by atoms with Gasteiger partial charge >= 0.3 is 0 Å². The first-order chi connectivity index (χ1) is 31.1. The number of benzene rings is 9. The summed E-state index contributed by atoms with van der Waals surface area (Å²) >= 11 is 0. The van der Waals surface area contributed by atoms with Gasteiger partial charge < -0.3 is 0 Å². The summed E-state index contributed by atoms with van der Waals surface area (Å²) in [7, 11) is 0. The Balaban J connectivity index is 0.860. The van der Waals surface area contributed by atoms with Crippen LogP contribution in [0.2, 0.25) is 0 Å². The summed E-state index contributed by atoms with van der Waals surface area (Å²) in [4.78, 5) is 0. The van der Waals surface area contributed by atoms with E-state index in [1.165, 1.54) is 122 Å². The van der Waals surface area contributed by atoms with Crippen molar-refractivity contribution in [3.8, 4) is 55.6 Å². The van der Waals surface area contributed by atoms with Crippen LogP contribution in [0.4, 0.5) is 0 Å². The van der Waals surface area contributed by atoms with Gasteiger partial charge in [-0.05, 0) is 185 Å². The minimum absolute atomic E-state index is 0.0228. The van der Waals surface area contributed by atoms with Crippen LogP contribution < -0.4 is 0 Å². The van der Waals surface area contributed by atoms with Gasteiger partial charge in [0.05, 0.1) is 0 Å². The first-order valence-corrected chi connectivity index (χ1v) is 23.1. The third-order valence-electron chi connectivity index (χ3n) is 16.9. The van der Waals surface area contributed by atoms with E-state index in [0.717, 1.165) is 38.5 Å². The van der Waals surface area contributed by atoms with Gasteiger partial charge in [-0.15, -0.1) is 0 Å². The molecule has 9 aromatic rings. The Morgan fingerprint density at radius 1 is 0.206 bits per heavy atom. The van der Waals surface area contributed by atoms with Crippen molar-refractivity contribution in [3.63, 3.8) is 0 Å². The second-order valence-electron chi connectivity index (χ2n) is 19.7. The largest absolute Gasteiger partial charge is 0.0620 e. The molecule has 3 spiro atoms. The molecule has 0 radical (unpaired) electrons. The summed E-state index contributed by atoms with van der Waals surface area (Å²) in [6.07, 6.45) is 6.30. The van der Waals surface area contributed by atoms with Gasteiger partial charge in [0, 0.05) is 16.2 Å². The predicted octanol–water partition coefficient (Wildman–Crippen LogP) is 14.2. The van der Waals surface area contributed by atoms with Crippen LogP contribution in [-0.2, 0) is 54.8 Å². The van der Waals surface area contributed by atoms with Crippen LogP contribution in [0.5, 0.6) is 0 Å². The summed E-state index contributed by atoms with van der Waals surface area (Å²) in [5, 5.41) is 0. The molecule has 0 amide bonds. The molecule has 0 bridgehead atoms. The summed E-state index contributed by atoms with van der Waals surface area (Å²) in [6, 6.07) is 75.7. The van der Waals surface area contributed by atoms with Crippen LogP contribution in [-0.4, -0.2) is 0 Å². The average Bonchev–Trinajstić information content (AvgIpc) is 4.18. The van der Waals surface area contributed by atoms with E-state index >= 15 is 0 Å².